The van der Waals surface area contributed by atoms with Gasteiger partial charge in [-0.15, -0.1) is 12.4 Å². The maximum atomic E-state index is 12.8. The van der Waals surface area contributed by atoms with E-state index >= 15 is 0 Å². The van der Waals surface area contributed by atoms with Gasteiger partial charge in [0.25, 0.3) is 11.5 Å². The Hall–Kier alpha value is -1.86. The first-order valence-corrected chi connectivity index (χ1v) is 8.74. The first-order valence-electron chi connectivity index (χ1n) is 8.74. The molecule has 136 valence electrons. The minimum Gasteiger partial charge on any atom is -0.338 e. The number of carbonyl (C=O) groups is 1. The topological polar surface area (TPSA) is 82.5 Å². The van der Waals surface area contributed by atoms with E-state index in [1.165, 1.54) is 0 Å². The fourth-order valence-corrected chi connectivity index (χ4v) is 3.87. The van der Waals surface area contributed by atoms with Crippen LogP contribution in [-0.2, 0) is 0 Å². The van der Waals surface area contributed by atoms with Crippen molar-refractivity contribution in [3.8, 4) is 0 Å². The summed E-state index contributed by atoms with van der Waals surface area (Å²) < 4.78 is 1.75. The minimum absolute atomic E-state index is 0. The lowest BCUT2D eigenvalue weighted by Crippen LogP contribution is -2.30. The van der Waals surface area contributed by atoms with Crippen LogP contribution >= 0.6 is 12.4 Å². The van der Waals surface area contributed by atoms with Crippen LogP contribution in [0.1, 0.15) is 48.2 Å². The first-order chi connectivity index (χ1) is 11.6. The first kappa shape index (κ1) is 17.9. The molecule has 1 amide bonds. The van der Waals surface area contributed by atoms with Crippen molar-refractivity contribution in [3.63, 3.8) is 0 Å². The van der Waals surface area contributed by atoms with Crippen LogP contribution in [0.25, 0.3) is 5.65 Å². The molecule has 8 heteroatoms. The van der Waals surface area contributed by atoms with Gasteiger partial charge in [0.15, 0.2) is 0 Å². The number of fused-ring (bicyclic) bond motifs is 1. The monoisotopic (exact) mass is 365 g/mol. The molecular weight excluding hydrogens is 342 g/mol. The summed E-state index contributed by atoms with van der Waals surface area (Å²) in [4.78, 5) is 29.6. The van der Waals surface area contributed by atoms with Crippen molar-refractivity contribution in [1.29, 1.82) is 0 Å². The van der Waals surface area contributed by atoms with Crippen molar-refractivity contribution in [2.45, 2.75) is 32.1 Å². The Morgan fingerprint density at radius 2 is 2.04 bits per heavy atom. The van der Waals surface area contributed by atoms with Gasteiger partial charge >= 0.3 is 0 Å². The molecule has 0 spiro atoms. The van der Waals surface area contributed by atoms with Gasteiger partial charge in [0.1, 0.15) is 11.2 Å². The highest BCUT2D eigenvalue weighted by Gasteiger charge is 2.28. The van der Waals surface area contributed by atoms with Crippen LogP contribution in [0.3, 0.4) is 0 Å². The van der Waals surface area contributed by atoms with Crippen molar-refractivity contribution >= 4 is 24.0 Å². The predicted molar refractivity (Wildman–Crippen MR) is 97.6 cm³/mol. The van der Waals surface area contributed by atoms with Gasteiger partial charge in [-0.05, 0) is 38.3 Å². The average Bonchev–Trinajstić information content (AvgIpc) is 3.20. The number of amides is 1. The van der Waals surface area contributed by atoms with E-state index in [4.69, 9.17) is 0 Å². The molecule has 2 aliphatic rings. The lowest BCUT2D eigenvalue weighted by molar-refractivity contribution is 0.0790. The number of nitrogens with one attached hydrogen (secondary N) is 2. The smallest absolute Gasteiger partial charge is 0.259 e. The van der Waals surface area contributed by atoms with Crippen molar-refractivity contribution in [1.82, 2.24) is 24.8 Å². The third kappa shape index (κ3) is 3.30. The molecule has 0 aliphatic carbocycles. The molecule has 0 bridgehead atoms. The zero-order valence-electron chi connectivity index (χ0n) is 14.3. The lowest BCUT2D eigenvalue weighted by Gasteiger charge is -2.23. The molecule has 4 rings (SSSR count). The summed E-state index contributed by atoms with van der Waals surface area (Å²) >= 11 is 0. The van der Waals surface area contributed by atoms with E-state index in [1.807, 2.05) is 4.90 Å². The van der Waals surface area contributed by atoms with E-state index in [-0.39, 0.29) is 23.9 Å². The zero-order valence-corrected chi connectivity index (χ0v) is 15.1. The van der Waals surface area contributed by atoms with Crippen molar-refractivity contribution < 1.29 is 4.79 Å². The Morgan fingerprint density at radius 1 is 1.28 bits per heavy atom. The second-order valence-electron chi connectivity index (χ2n) is 7.05. The second kappa shape index (κ2) is 7.17. The maximum absolute atomic E-state index is 12.8. The highest BCUT2D eigenvalue weighted by atomic mass is 35.5. The summed E-state index contributed by atoms with van der Waals surface area (Å²) in [5.74, 6) is 0.790. The van der Waals surface area contributed by atoms with E-state index in [0.717, 1.165) is 51.1 Å². The molecule has 7 nitrogen and oxygen atoms in total. The molecule has 2 aromatic rings. The Morgan fingerprint density at radius 3 is 2.72 bits per heavy atom. The van der Waals surface area contributed by atoms with Crippen LogP contribution in [-0.4, -0.2) is 51.6 Å². The number of H-pyrrole nitrogens is 1. The van der Waals surface area contributed by atoms with E-state index in [1.54, 1.807) is 16.8 Å². The highest BCUT2D eigenvalue weighted by molar-refractivity contribution is 5.99. The Bertz CT molecular complexity index is 824. The van der Waals surface area contributed by atoms with Gasteiger partial charge in [-0.2, -0.15) is 5.10 Å². The molecule has 0 saturated carbocycles. The third-order valence-electron chi connectivity index (χ3n) is 5.23. The Labute approximate surface area is 152 Å². The van der Waals surface area contributed by atoms with Crippen molar-refractivity contribution in [3.05, 3.63) is 33.9 Å². The van der Waals surface area contributed by atoms with Crippen molar-refractivity contribution in [2.75, 3.05) is 26.2 Å². The van der Waals surface area contributed by atoms with Gasteiger partial charge in [0.05, 0.1) is 11.9 Å². The standard InChI is InChI=1S/C17H23N5O2.ClH/c1-11-4-7-21(10-11)17(24)13-9-19-22-14(8-15(23)20-16(13)22)12-2-5-18-6-3-12;/h8-9,11-12,18H,2-7,10H2,1H3,(H,20,23);1H/t11-;/m1./s1. The maximum Gasteiger partial charge on any atom is 0.259 e. The van der Waals surface area contributed by atoms with Gasteiger partial charge in [-0.25, -0.2) is 4.52 Å². The molecule has 1 atom stereocenters. The molecule has 0 aromatic carbocycles. The van der Waals surface area contributed by atoms with Gasteiger partial charge in [-0.3, -0.25) is 9.59 Å². The average molecular weight is 366 g/mol. The second-order valence-corrected chi connectivity index (χ2v) is 7.05. The van der Waals surface area contributed by atoms with Gasteiger partial charge < -0.3 is 15.2 Å². The molecule has 2 aromatic heterocycles. The third-order valence-corrected chi connectivity index (χ3v) is 5.23. The number of likely N-dealkylation sites (tertiary alicyclic amines) is 1. The molecule has 2 N–H and O–H groups in total. The number of rotatable bonds is 2. The molecular formula is C17H24ClN5O2. The van der Waals surface area contributed by atoms with Gasteiger partial charge in [0.2, 0.25) is 0 Å². The van der Waals surface area contributed by atoms with E-state index in [9.17, 15) is 9.59 Å². The number of hydrogen-bond acceptors (Lipinski definition) is 4. The van der Waals surface area contributed by atoms with Crippen LogP contribution in [0.4, 0.5) is 0 Å². The molecule has 2 saturated heterocycles. The molecule has 0 radical (unpaired) electrons. The largest absolute Gasteiger partial charge is 0.338 e. The lowest BCUT2D eigenvalue weighted by atomic mass is 9.94. The van der Waals surface area contributed by atoms with Crippen molar-refractivity contribution in [2.24, 2.45) is 5.92 Å². The molecule has 2 fully saturated rings. The number of carbonyl (C=O) groups excluding carboxylic acids is 1. The Balaban J connectivity index is 0.00000182. The number of halogens is 1. The summed E-state index contributed by atoms with van der Waals surface area (Å²) in [6.07, 6.45) is 4.58. The van der Waals surface area contributed by atoms with Crippen LogP contribution in [0, 0.1) is 5.92 Å². The minimum atomic E-state index is -0.166. The summed E-state index contributed by atoms with van der Waals surface area (Å²) in [5, 5.41) is 7.76. The summed E-state index contributed by atoms with van der Waals surface area (Å²) in [6.45, 7) is 5.58. The molecule has 25 heavy (non-hydrogen) atoms. The van der Waals surface area contributed by atoms with E-state index < -0.39 is 0 Å². The summed E-state index contributed by atoms with van der Waals surface area (Å²) in [6, 6.07) is 1.63. The summed E-state index contributed by atoms with van der Waals surface area (Å²) in [7, 11) is 0. The normalized spacial score (nSPS) is 21.5. The van der Waals surface area contributed by atoms with Crippen LogP contribution in [0.2, 0.25) is 0 Å². The number of nitrogens with zero attached hydrogens (tertiary/aromatic N) is 3. The van der Waals surface area contributed by atoms with Crippen LogP contribution in [0.5, 0.6) is 0 Å². The van der Waals surface area contributed by atoms with Crippen LogP contribution in [0.15, 0.2) is 17.1 Å². The zero-order chi connectivity index (χ0) is 16.7. The number of piperidine rings is 1. The van der Waals surface area contributed by atoms with Gasteiger partial charge in [-0.1, -0.05) is 6.92 Å². The van der Waals surface area contributed by atoms with Gasteiger partial charge in [0, 0.05) is 25.1 Å². The predicted octanol–water partition coefficient (Wildman–Crippen LogP) is 1.39. The molecule has 2 aliphatic heterocycles. The number of aromatic amines is 1. The molecule has 4 heterocycles. The number of hydrogen-bond donors (Lipinski definition) is 2. The SMILES string of the molecule is C[C@@H]1CCN(C(=O)c2cnn3c(C4CCNCC4)cc(=O)[nH]c23)C1.Cl. The van der Waals surface area contributed by atoms with Crippen LogP contribution < -0.4 is 10.9 Å². The van der Waals surface area contributed by atoms with E-state index in [0.29, 0.717) is 23.0 Å². The summed E-state index contributed by atoms with van der Waals surface area (Å²) in [5.41, 5.74) is 1.77. The number of aromatic nitrogens is 3. The molecule has 0 unspecified atom stereocenters. The van der Waals surface area contributed by atoms with E-state index in [2.05, 4.69) is 22.3 Å². The fourth-order valence-electron chi connectivity index (χ4n) is 3.87. The fraction of sp³-hybridized carbons (Fsp3) is 0.588. The highest BCUT2D eigenvalue weighted by Crippen LogP contribution is 2.26. The Kier molecular flexibility index (Phi) is 5.15. The quantitative estimate of drug-likeness (QED) is 0.842.